The molecule has 0 N–H and O–H groups in total. The molecule has 0 atom stereocenters. The van der Waals surface area contributed by atoms with Crippen molar-refractivity contribution in [1.29, 1.82) is 0 Å². The fourth-order valence-corrected chi connectivity index (χ4v) is 0.956. The lowest BCUT2D eigenvalue weighted by Gasteiger charge is -2.04. The predicted molar refractivity (Wildman–Crippen MR) is 51.5 cm³/mol. The summed E-state index contributed by atoms with van der Waals surface area (Å²) in [5.41, 5.74) is 0.599. The Morgan fingerprint density at radius 2 is 1.82 bits per heavy atom. The van der Waals surface area contributed by atoms with Crippen LogP contribution in [0.25, 0.3) is 0 Å². The van der Waals surface area contributed by atoms with E-state index in [1.807, 2.05) is 0 Å². The molecule has 0 saturated carbocycles. The van der Waals surface area contributed by atoms with Gasteiger partial charge in [0.2, 0.25) is 5.83 Å². The number of alkyl halides is 3. The van der Waals surface area contributed by atoms with Crippen LogP contribution in [0, 0.1) is 0 Å². The fraction of sp³-hybridized carbons (Fsp3) is 0.182. The molecule has 1 aromatic carbocycles. The summed E-state index contributed by atoms with van der Waals surface area (Å²) < 4.78 is 51.9. The van der Waals surface area contributed by atoms with Crippen LogP contribution in [0.15, 0.2) is 42.2 Å². The van der Waals surface area contributed by atoms with Gasteiger partial charge in [-0.1, -0.05) is 30.3 Å². The second-order valence-corrected chi connectivity index (χ2v) is 3.08. The van der Waals surface area contributed by atoms with Gasteiger partial charge in [-0.3, -0.25) is 0 Å². The first kappa shape index (κ1) is 13.2. The van der Waals surface area contributed by atoms with E-state index in [-0.39, 0.29) is 12.7 Å². The number of hydrogen-bond donors (Lipinski definition) is 0. The molecule has 17 heavy (non-hydrogen) atoms. The molecule has 0 unspecified atom stereocenters. The Morgan fingerprint density at radius 3 is 2.35 bits per heavy atom. The molecule has 0 aliphatic carbocycles. The lowest BCUT2D eigenvalue weighted by Crippen LogP contribution is -2.11. The Bertz CT molecular complexity index is 409. The molecule has 1 aromatic rings. The molecular weight excluding hydrogens is 240 g/mol. The summed E-state index contributed by atoms with van der Waals surface area (Å²) >= 11 is 0. The van der Waals surface area contributed by atoms with Crippen LogP contribution in [0.2, 0.25) is 0 Å². The molecule has 1 rings (SSSR count). The van der Waals surface area contributed by atoms with Gasteiger partial charge in [0, 0.05) is 0 Å². The van der Waals surface area contributed by atoms with Gasteiger partial charge in [0.05, 0.1) is 6.08 Å². The number of esters is 1. The average molecular weight is 248 g/mol. The average Bonchev–Trinajstić information content (AvgIpc) is 2.26. The van der Waals surface area contributed by atoms with Gasteiger partial charge >= 0.3 is 12.1 Å². The summed E-state index contributed by atoms with van der Waals surface area (Å²) in [5.74, 6) is -3.85. The summed E-state index contributed by atoms with van der Waals surface area (Å²) in [5, 5.41) is 0. The van der Waals surface area contributed by atoms with Gasteiger partial charge in [-0.2, -0.15) is 13.2 Å². The third-order valence-corrected chi connectivity index (χ3v) is 1.74. The van der Waals surface area contributed by atoms with Crippen molar-refractivity contribution in [3.05, 3.63) is 47.8 Å². The normalized spacial score (nSPS) is 12.4. The molecule has 0 aliphatic heterocycles. The first-order valence-electron chi connectivity index (χ1n) is 4.54. The molecule has 0 bridgehead atoms. The Hall–Kier alpha value is -1.85. The maximum absolute atomic E-state index is 12.3. The van der Waals surface area contributed by atoms with Gasteiger partial charge in [-0.05, 0) is 5.56 Å². The monoisotopic (exact) mass is 248 g/mol. The van der Waals surface area contributed by atoms with Crippen molar-refractivity contribution in [3.8, 4) is 0 Å². The van der Waals surface area contributed by atoms with Crippen LogP contribution in [0.1, 0.15) is 5.56 Å². The zero-order valence-electron chi connectivity index (χ0n) is 8.50. The molecule has 0 saturated heterocycles. The Labute approximate surface area is 94.5 Å². The zero-order valence-corrected chi connectivity index (χ0v) is 8.50. The summed E-state index contributed by atoms with van der Waals surface area (Å²) in [4.78, 5) is 10.8. The van der Waals surface area contributed by atoms with Gasteiger partial charge in [-0.15, -0.1) is 0 Å². The van der Waals surface area contributed by atoms with E-state index in [1.165, 1.54) is 0 Å². The van der Waals surface area contributed by atoms with E-state index in [9.17, 15) is 22.4 Å². The van der Waals surface area contributed by atoms with Crippen molar-refractivity contribution in [2.75, 3.05) is 0 Å². The number of rotatable bonds is 3. The molecule has 0 heterocycles. The summed E-state index contributed by atoms with van der Waals surface area (Å²) in [6, 6.07) is 8.33. The smallest absolute Gasteiger partial charge is 0.443 e. The quantitative estimate of drug-likeness (QED) is 0.466. The van der Waals surface area contributed by atoms with Crippen molar-refractivity contribution < 1.29 is 27.1 Å². The number of hydrogen-bond acceptors (Lipinski definition) is 2. The molecule has 0 radical (unpaired) electrons. The van der Waals surface area contributed by atoms with Crippen LogP contribution in [-0.4, -0.2) is 12.1 Å². The van der Waals surface area contributed by atoms with Crippen molar-refractivity contribution in [1.82, 2.24) is 0 Å². The van der Waals surface area contributed by atoms with Crippen LogP contribution in [0.4, 0.5) is 17.6 Å². The van der Waals surface area contributed by atoms with Gasteiger partial charge in [0.25, 0.3) is 0 Å². The van der Waals surface area contributed by atoms with Gasteiger partial charge in [-0.25, -0.2) is 9.18 Å². The Kier molecular flexibility index (Phi) is 4.25. The number of halogens is 4. The third-order valence-electron chi connectivity index (χ3n) is 1.74. The first-order chi connectivity index (χ1) is 7.89. The number of benzene rings is 1. The lowest BCUT2D eigenvalue weighted by molar-refractivity contribution is -0.141. The number of allylic oxidation sites excluding steroid dienone is 1. The summed E-state index contributed by atoms with van der Waals surface area (Å²) in [6.45, 7) is -0.207. The van der Waals surface area contributed by atoms with E-state index in [0.29, 0.717) is 5.56 Å². The highest BCUT2D eigenvalue weighted by molar-refractivity contribution is 5.82. The molecule has 0 aromatic heterocycles. The molecule has 92 valence electrons. The SMILES string of the molecule is O=C(/C=C(\F)C(F)(F)F)OCc1ccccc1. The molecule has 0 fully saturated rings. The Morgan fingerprint density at radius 1 is 1.24 bits per heavy atom. The van der Waals surface area contributed by atoms with Crippen molar-refractivity contribution in [3.63, 3.8) is 0 Å². The maximum Gasteiger partial charge on any atom is 0.443 e. The second-order valence-electron chi connectivity index (χ2n) is 3.08. The van der Waals surface area contributed by atoms with Crippen molar-refractivity contribution in [2.45, 2.75) is 12.8 Å². The molecule has 0 aliphatic rings. The van der Waals surface area contributed by atoms with Gasteiger partial charge < -0.3 is 4.74 Å². The highest BCUT2D eigenvalue weighted by Gasteiger charge is 2.35. The van der Waals surface area contributed by atoms with E-state index < -0.39 is 18.0 Å². The van der Waals surface area contributed by atoms with Crippen LogP contribution < -0.4 is 0 Å². The summed E-state index contributed by atoms with van der Waals surface area (Å²) in [6.07, 6.45) is -5.38. The molecular formula is C11H8F4O2. The maximum atomic E-state index is 12.3. The van der Waals surface area contributed by atoms with E-state index in [4.69, 9.17) is 0 Å². The highest BCUT2D eigenvalue weighted by Crippen LogP contribution is 2.26. The first-order valence-corrected chi connectivity index (χ1v) is 4.54. The van der Waals surface area contributed by atoms with E-state index in [1.54, 1.807) is 30.3 Å². The minimum Gasteiger partial charge on any atom is -0.458 e. The van der Waals surface area contributed by atoms with Crippen molar-refractivity contribution in [2.24, 2.45) is 0 Å². The highest BCUT2D eigenvalue weighted by atomic mass is 19.4. The molecule has 6 heteroatoms. The number of ether oxygens (including phenoxy) is 1. The Balaban J connectivity index is 2.52. The van der Waals surface area contributed by atoms with Crippen molar-refractivity contribution >= 4 is 5.97 Å². The predicted octanol–water partition coefficient (Wildman–Crippen LogP) is 3.15. The third kappa shape index (κ3) is 4.67. The zero-order chi connectivity index (χ0) is 12.9. The minimum absolute atomic E-state index is 0.207. The topological polar surface area (TPSA) is 26.3 Å². The van der Waals surface area contributed by atoms with Gasteiger partial charge in [0.1, 0.15) is 6.61 Å². The molecule has 0 amide bonds. The second kappa shape index (κ2) is 5.47. The number of carbonyl (C=O) groups is 1. The van der Waals surface area contributed by atoms with E-state index in [0.717, 1.165) is 0 Å². The van der Waals surface area contributed by atoms with Crippen LogP contribution >= 0.6 is 0 Å². The summed E-state index contributed by atoms with van der Waals surface area (Å²) in [7, 11) is 0. The largest absolute Gasteiger partial charge is 0.458 e. The van der Waals surface area contributed by atoms with Crippen LogP contribution in [0.3, 0.4) is 0 Å². The lowest BCUT2D eigenvalue weighted by atomic mass is 10.2. The van der Waals surface area contributed by atoms with Crippen LogP contribution in [0.5, 0.6) is 0 Å². The fourth-order valence-electron chi connectivity index (χ4n) is 0.956. The van der Waals surface area contributed by atoms with E-state index in [2.05, 4.69) is 4.74 Å². The molecule has 2 nitrogen and oxygen atoms in total. The molecule has 0 spiro atoms. The van der Waals surface area contributed by atoms with E-state index >= 15 is 0 Å². The van der Waals surface area contributed by atoms with Gasteiger partial charge in [0.15, 0.2) is 0 Å². The van der Waals surface area contributed by atoms with Crippen LogP contribution in [-0.2, 0) is 16.1 Å². The minimum atomic E-state index is -5.16. The number of carbonyl (C=O) groups excluding carboxylic acids is 1. The standard InChI is InChI=1S/C11H8F4O2/c12-9(11(13,14)15)6-10(16)17-7-8-4-2-1-3-5-8/h1-6H,7H2/b9-6-.